The minimum absolute atomic E-state index is 0.0000463. The van der Waals surface area contributed by atoms with Gasteiger partial charge in [0.2, 0.25) is 5.91 Å². The van der Waals surface area contributed by atoms with Crippen molar-refractivity contribution in [2.24, 2.45) is 0 Å². The van der Waals surface area contributed by atoms with Crippen molar-refractivity contribution in [2.45, 2.75) is 30.9 Å². The maximum atomic E-state index is 12.2. The van der Waals surface area contributed by atoms with Gasteiger partial charge in [-0.3, -0.25) is 4.79 Å². The Bertz CT molecular complexity index is 619. The van der Waals surface area contributed by atoms with Crippen LogP contribution >= 0.6 is 23.4 Å². The molecule has 0 aromatic heterocycles. The molecule has 0 spiro atoms. The summed E-state index contributed by atoms with van der Waals surface area (Å²) in [6, 6.07) is 13.6. The number of carbonyl (C=O) groups is 1. The lowest BCUT2D eigenvalue weighted by atomic mass is 10.1. The largest absolute Gasteiger partial charge is 0.325 e. The molecule has 0 unspecified atom stereocenters. The SMILES string of the molecule is Cc1cc(C)cc(NC(=O)[C@H](C)Sc2ccc(Cl)cc2)c1. The standard InChI is InChI=1S/C17H18ClNOS/c1-11-8-12(2)10-15(9-11)19-17(20)13(3)21-16-6-4-14(18)5-7-16/h4-10,13H,1-3H3,(H,19,20)/t13-/m0/s1. The fourth-order valence-electron chi connectivity index (χ4n) is 2.06. The molecule has 0 radical (unpaired) electrons. The van der Waals surface area contributed by atoms with Crippen molar-refractivity contribution in [1.29, 1.82) is 0 Å². The summed E-state index contributed by atoms with van der Waals surface area (Å²) >= 11 is 7.38. The Balaban J connectivity index is 2.00. The Morgan fingerprint density at radius 3 is 2.24 bits per heavy atom. The zero-order valence-electron chi connectivity index (χ0n) is 12.3. The number of amides is 1. The molecule has 1 atom stereocenters. The van der Waals surface area contributed by atoms with E-state index in [1.165, 1.54) is 11.8 Å². The van der Waals surface area contributed by atoms with Crippen LogP contribution in [0.5, 0.6) is 0 Å². The Morgan fingerprint density at radius 2 is 1.67 bits per heavy atom. The fourth-order valence-corrected chi connectivity index (χ4v) is 3.05. The summed E-state index contributed by atoms with van der Waals surface area (Å²) in [4.78, 5) is 13.3. The number of thioether (sulfide) groups is 1. The molecule has 0 aliphatic heterocycles. The second-order valence-electron chi connectivity index (χ2n) is 5.08. The van der Waals surface area contributed by atoms with Crippen molar-refractivity contribution >= 4 is 35.0 Å². The summed E-state index contributed by atoms with van der Waals surface area (Å²) in [6.45, 7) is 5.94. The Hall–Kier alpha value is -1.45. The number of halogens is 1. The van der Waals surface area contributed by atoms with Gasteiger partial charge in [0.15, 0.2) is 0 Å². The van der Waals surface area contributed by atoms with Gasteiger partial charge < -0.3 is 5.32 Å². The molecule has 1 N–H and O–H groups in total. The molecular weight excluding hydrogens is 302 g/mol. The highest BCUT2D eigenvalue weighted by atomic mass is 35.5. The number of hydrogen-bond acceptors (Lipinski definition) is 2. The topological polar surface area (TPSA) is 29.1 Å². The lowest BCUT2D eigenvalue weighted by Crippen LogP contribution is -2.22. The van der Waals surface area contributed by atoms with Crippen LogP contribution in [0.3, 0.4) is 0 Å². The van der Waals surface area contributed by atoms with E-state index < -0.39 is 0 Å². The van der Waals surface area contributed by atoms with E-state index in [4.69, 9.17) is 11.6 Å². The predicted octanol–water partition coefficient (Wildman–Crippen LogP) is 5.08. The highest BCUT2D eigenvalue weighted by Gasteiger charge is 2.14. The molecule has 2 aromatic carbocycles. The molecule has 0 heterocycles. The molecule has 2 nitrogen and oxygen atoms in total. The third kappa shape index (κ3) is 4.80. The first-order chi connectivity index (χ1) is 9.94. The number of carbonyl (C=O) groups excluding carboxylic acids is 1. The molecular formula is C17H18ClNOS. The smallest absolute Gasteiger partial charge is 0.237 e. The Labute approximate surface area is 134 Å². The Morgan fingerprint density at radius 1 is 1.10 bits per heavy atom. The monoisotopic (exact) mass is 319 g/mol. The van der Waals surface area contributed by atoms with Crippen LogP contribution in [0, 0.1) is 13.8 Å². The van der Waals surface area contributed by atoms with E-state index >= 15 is 0 Å². The zero-order chi connectivity index (χ0) is 15.4. The highest BCUT2D eigenvalue weighted by molar-refractivity contribution is 8.00. The maximum absolute atomic E-state index is 12.2. The van der Waals surface area contributed by atoms with Gasteiger partial charge in [-0.05, 0) is 68.3 Å². The minimum Gasteiger partial charge on any atom is -0.325 e. The first-order valence-electron chi connectivity index (χ1n) is 6.75. The van der Waals surface area contributed by atoms with Crippen molar-refractivity contribution in [1.82, 2.24) is 0 Å². The van der Waals surface area contributed by atoms with E-state index in [1.54, 1.807) is 0 Å². The van der Waals surface area contributed by atoms with Gasteiger partial charge in [-0.1, -0.05) is 17.7 Å². The van der Waals surface area contributed by atoms with Gasteiger partial charge in [-0.15, -0.1) is 11.8 Å². The van der Waals surface area contributed by atoms with E-state index in [1.807, 2.05) is 57.2 Å². The fraction of sp³-hybridized carbons (Fsp3) is 0.235. The van der Waals surface area contributed by atoms with Gasteiger partial charge in [-0.2, -0.15) is 0 Å². The van der Waals surface area contributed by atoms with E-state index in [9.17, 15) is 4.79 Å². The van der Waals surface area contributed by atoms with Crippen molar-refractivity contribution < 1.29 is 4.79 Å². The quantitative estimate of drug-likeness (QED) is 0.796. The average Bonchev–Trinajstić information content (AvgIpc) is 2.40. The predicted molar refractivity (Wildman–Crippen MR) is 91.3 cm³/mol. The molecule has 0 fully saturated rings. The summed E-state index contributed by atoms with van der Waals surface area (Å²) in [7, 11) is 0. The van der Waals surface area contributed by atoms with Crippen molar-refractivity contribution in [3.05, 3.63) is 58.6 Å². The van der Waals surface area contributed by atoms with Crippen LogP contribution in [-0.2, 0) is 4.79 Å². The summed E-state index contributed by atoms with van der Waals surface area (Å²) in [6.07, 6.45) is 0. The van der Waals surface area contributed by atoms with E-state index in [0.29, 0.717) is 5.02 Å². The third-order valence-corrected chi connectivity index (χ3v) is 4.35. The van der Waals surface area contributed by atoms with Crippen molar-refractivity contribution in [3.63, 3.8) is 0 Å². The summed E-state index contributed by atoms with van der Waals surface area (Å²) in [5.74, 6) is -0.0000463. The molecule has 2 rings (SSSR count). The van der Waals surface area contributed by atoms with Gasteiger partial charge in [0.1, 0.15) is 0 Å². The molecule has 0 saturated carbocycles. The molecule has 4 heteroatoms. The first-order valence-corrected chi connectivity index (χ1v) is 8.01. The van der Waals surface area contributed by atoms with Crippen LogP contribution in [0.25, 0.3) is 0 Å². The molecule has 21 heavy (non-hydrogen) atoms. The first kappa shape index (κ1) is 15.9. The molecule has 0 bridgehead atoms. The van der Waals surface area contributed by atoms with Gasteiger partial charge in [0.25, 0.3) is 0 Å². The summed E-state index contributed by atoms with van der Waals surface area (Å²) < 4.78 is 0. The molecule has 0 aliphatic carbocycles. The molecule has 0 aliphatic rings. The second-order valence-corrected chi connectivity index (χ2v) is 6.93. The normalized spacial score (nSPS) is 12.0. The van der Waals surface area contributed by atoms with Crippen molar-refractivity contribution in [3.8, 4) is 0 Å². The number of anilines is 1. The van der Waals surface area contributed by atoms with Gasteiger partial charge in [0.05, 0.1) is 5.25 Å². The number of aryl methyl sites for hydroxylation is 2. The van der Waals surface area contributed by atoms with E-state index in [0.717, 1.165) is 21.7 Å². The minimum atomic E-state index is -0.174. The molecule has 2 aromatic rings. The zero-order valence-corrected chi connectivity index (χ0v) is 13.9. The van der Waals surface area contributed by atoms with Crippen LogP contribution < -0.4 is 5.32 Å². The molecule has 1 amide bonds. The summed E-state index contributed by atoms with van der Waals surface area (Å²) in [5.41, 5.74) is 3.13. The number of benzene rings is 2. The number of hydrogen-bond donors (Lipinski definition) is 1. The number of rotatable bonds is 4. The molecule has 0 saturated heterocycles. The van der Waals surface area contributed by atoms with Crippen LogP contribution in [0.1, 0.15) is 18.1 Å². The van der Waals surface area contributed by atoms with Crippen LogP contribution in [-0.4, -0.2) is 11.2 Å². The van der Waals surface area contributed by atoms with Gasteiger partial charge in [0, 0.05) is 15.6 Å². The van der Waals surface area contributed by atoms with E-state index in [2.05, 4.69) is 11.4 Å². The lowest BCUT2D eigenvalue weighted by molar-refractivity contribution is -0.115. The van der Waals surface area contributed by atoms with Crippen LogP contribution in [0.4, 0.5) is 5.69 Å². The Kier molecular flexibility index (Phi) is 5.32. The van der Waals surface area contributed by atoms with Crippen LogP contribution in [0.2, 0.25) is 5.02 Å². The van der Waals surface area contributed by atoms with Crippen molar-refractivity contribution in [2.75, 3.05) is 5.32 Å². The maximum Gasteiger partial charge on any atom is 0.237 e. The third-order valence-electron chi connectivity index (χ3n) is 2.98. The van der Waals surface area contributed by atoms with Gasteiger partial charge in [-0.25, -0.2) is 0 Å². The second kappa shape index (κ2) is 7.01. The number of nitrogens with one attached hydrogen (secondary N) is 1. The average molecular weight is 320 g/mol. The highest BCUT2D eigenvalue weighted by Crippen LogP contribution is 2.25. The molecule has 110 valence electrons. The summed E-state index contributed by atoms with van der Waals surface area (Å²) in [5, 5.41) is 3.50. The van der Waals surface area contributed by atoms with Gasteiger partial charge >= 0.3 is 0 Å². The van der Waals surface area contributed by atoms with E-state index in [-0.39, 0.29) is 11.2 Å². The van der Waals surface area contributed by atoms with Crippen LogP contribution in [0.15, 0.2) is 47.4 Å². The lowest BCUT2D eigenvalue weighted by Gasteiger charge is -2.13.